The molecule has 1 atom stereocenters. The van der Waals surface area contributed by atoms with Crippen LogP contribution < -0.4 is 10.9 Å². The molecule has 0 spiro atoms. The summed E-state index contributed by atoms with van der Waals surface area (Å²) in [6, 6.07) is 6.92. The van der Waals surface area contributed by atoms with Gasteiger partial charge in [-0.05, 0) is 25.5 Å². The number of thioether (sulfide) groups is 1. The van der Waals surface area contributed by atoms with E-state index in [1.165, 1.54) is 11.8 Å². The van der Waals surface area contributed by atoms with Gasteiger partial charge in [-0.1, -0.05) is 42.4 Å². The molecule has 1 amide bonds. The molecule has 2 heterocycles. The summed E-state index contributed by atoms with van der Waals surface area (Å²) in [7, 11) is 0. The zero-order chi connectivity index (χ0) is 17.3. The molecule has 1 aliphatic heterocycles. The van der Waals surface area contributed by atoms with Gasteiger partial charge in [0.25, 0.3) is 5.56 Å². The molecule has 0 radical (unpaired) electrons. The number of nitrogens with one attached hydrogen (secondary N) is 1. The van der Waals surface area contributed by atoms with E-state index in [9.17, 15) is 9.59 Å². The van der Waals surface area contributed by atoms with E-state index in [-0.39, 0.29) is 23.9 Å². The van der Waals surface area contributed by atoms with E-state index in [0.717, 1.165) is 11.3 Å². The highest BCUT2D eigenvalue weighted by Crippen LogP contribution is 2.33. The van der Waals surface area contributed by atoms with Gasteiger partial charge in [0.1, 0.15) is 0 Å². The Morgan fingerprint density at radius 3 is 2.92 bits per heavy atom. The molecule has 24 heavy (non-hydrogen) atoms. The van der Waals surface area contributed by atoms with Crippen LogP contribution in [-0.4, -0.2) is 21.2 Å². The lowest BCUT2D eigenvalue weighted by Crippen LogP contribution is -2.30. The van der Waals surface area contributed by atoms with Crippen LogP contribution in [-0.2, 0) is 11.2 Å². The molecule has 1 aromatic heterocycles. The van der Waals surface area contributed by atoms with Crippen molar-refractivity contribution in [2.45, 2.75) is 37.9 Å². The Kier molecular flexibility index (Phi) is 4.96. The summed E-state index contributed by atoms with van der Waals surface area (Å²) in [5.41, 5.74) is 2.05. The van der Waals surface area contributed by atoms with Gasteiger partial charge < -0.3 is 5.32 Å². The van der Waals surface area contributed by atoms with Crippen LogP contribution in [0.25, 0.3) is 0 Å². The summed E-state index contributed by atoms with van der Waals surface area (Å²) < 4.78 is 1.67. The number of aryl methyl sites for hydroxylation is 1. The summed E-state index contributed by atoms with van der Waals surface area (Å²) >= 11 is 7.58. The van der Waals surface area contributed by atoms with Gasteiger partial charge in [-0.25, -0.2) is 4.98 Å². The van der Waals surface area contributed by atoms with Crippen LogP contribution in [0, 0.1) is 6.92 Å². The second-order valence-corrected chi connectivity index (χ2v) is 7.08. The molecule has 1 unspecified atom stereocenters. The minimum absolute atomic E-state index is 0.0273. The quantitative estimate of drug-likeness (QED) is 0.845. The third-order valence-electron chi connectivity index (χ3n) is 4.08. The monoisotopic (exact) mass is 363 g/mol. The average Bonchev–Trinajstić information content (AvgIpc) is 2.92. The fourth-order valence-corrected chi connectivity index (χ4v) is 4.22. The van der Waals surface area contributed by atoms with Crippen LogP contribution in [0.2, 0.25) is 5.02 Å². The van der Waals surface area contributed by atoms with E-state index in [1.807, 2.05) is 26.0 Å². The van der Waals surface area contributed by atoms with Crippen molar-refractivity contribution in [1.29, 1.82) is 0 Å². The number of fused-ring (bicyclic) bond motifs is 1. The SMILES string of the molecule is CCc1c(C)nc2n(c1=O)C(CC(=O)Nc1ccccc1Cl)CS2. The second-order valence-electron chi connectivity index (χ2n) is 5.68. The molecular weight excluding hydrogens is 346 g/mol. The maximum absolute atomic E-state index is 12.7. The third kappa shape index (κ3) is 3.21. The fourth-order valence-electron chi connectivity index (χ4n) is 2.86. The van der Waals surface area contributed by atoms with Gasteiger partial charge in [-0.2, -0.15) is 0 Å². The highest BCUT2D eigenvalue weighted by molar-refractivity contribution is 7.99. The number of benzene rings is 1. The van der Waals surface area contributed by atoms with E-state index in [2.05, 4.69) is 10.3 Å². The minimum atomic E-state index is -0.182. The highest BCUT2D eigenvalue weighted by atomic mass is 35.5. The molecule has 1 N–H and O–H groups in total. The smallest absolute Gasteiger partial charge is 0.257 e. The maximum Gasteiger partial charge on any atom is 0.257 e. The van der Waals surface area contributed by atoms with Crippen molar-refractivity contribution in [2.24, 2.45) is 0 Å². The number of nitrogens with zero attached hydrogens (tertiary/aromatic N) is 2. The fraction of sp³-hybridized carbons (Fsp3) is 0.353. The predicted molar refractivity (Wildman–Crippen MR) is 97.1 cm³/mol. The molecule has 1 aromatic carbocycles. The molecule has 2 aromatic rings. The molecule has 0 aliphatic carbocycles. The van der Waals surface area contributed by atoms with Gasteiger partial charge in [-0.15, -0.1) is 0 Å². The first-order valence-corrected chi connectivity index (χ1v) is 9.16. The second kappa shape index (κ2) is 6.99. The van der Waals surface area contributed by atoms with Crippen molar-refractivity contribution in [3.63, 3.8) is 0 Å². The lowest BCUT2D eigenvalue weighted by atomic mass is 10.1. The summed E-state index contributed by atoms with van der Waals surface area (Å²) in [5, 5.41) is 4.01. The van der Waals surface area contributed by atoms with Crippen LogP contribution in [0.3, 0.4) is 0 Å². The first kappa shape index (κ1) is 17.0. The predicted octanol–water partition coefficient (Wildman–Crippen LogP) is 3.44. The lowest BCUT2D eigenvalue weighted by molar-refractivity contribution is -0.116. The first-order valence-electron chi connectivity index (χ1n) is 7.80. The van der Waals surface area contributed by atoms with E-state index in [4.69, 9.17) is 11.6 Å². The molecule has 1 aliphatic rings. The summed E-state index contributed by atoms with van der Waals surface area (Å²) in [6.07, 6.45) is 0.861. The zero-order valence-corrected chi connectivity index (χ0v) is 15.1. The van der Waals surface area contributed by atoms with Crippen LogP contribution in [0.4, 0.5) is 5.69 Å². The lowest BCUT2D eigenvalue weighted by Gasteiger charge is -2.15. The van der Waals surface area contributed by atoms with E-state index >= 15 is 0 Å². The molecule has 0 fully saturated rings. The Labute approximate surface area is 149 Å². The standard InChI is InChI=1S/C17H18ClN3O2S/c1-3-12-10(2)19-17-21(16(12)23)11(9-24-17)8-15(22)20-14-7-5-4-6-13(14)18/h4-7,11H,3,8-9H2,1-2H3,(H,20,22). The molecule has 7 heteroatoms. The van der Waals surface area contributed by atoms with Gasteiger partial charge in [0.2, 0.25) is 5.91 Å². The zero-order valence-electron chi connectivity index (χ0n) is 13.5. The van der Waals surface area contributed by atoms with Crippen molar-refractivity contribution in [2.75, 3.05) is 11.1 Å². The molecule has 3 rings (SSSR count). The van der Waals surface area contributed by atoms with Crippen LogP contribution in [0.15, 0.2) is 34.2 Å². The number of rotatable bonds is 4. The van der Waals surface area contributed by atoms with Gasteiger partial charge in [0.05, 0.1) is 16.8 Å². The van der Waals surface area contributed by atoms with Crippen molar-refractivity contribution in [1.82, 2.24) is 9.55 Å². The normalized spacial score (nSPS) is 16.0. The largest absolute Gasteiger partial charge is 0.325 e. The number of halogens is 1. The Balaban J connectivity index is 1.81. The number of anilines is 1. The van der Waals surface area contributed by atoms with Crippen molar-refractivity contribution in [3.8, 4) is 0 Å². The number of hydrogen-bond donors (Lipinski definition) is 1. The Bertz CT molecular complexity index is 850. The maximum atomic E-state index is 12.7. The number of hydrogen-bond acceptors (Lipinski definition) is 4. The molecular formula is C17H18ClN3O2S. The molecule has 5 nitrogen and oxygen atoms in total. The molecule has 0 saturated heterocycles. The van der Waals surface area contributed by atoms with E-state index in [0.29, 0.717) is 28.0 Å². The highest BCUT2D eigenvalue weighted by Gasteiger charge is 2.29. The average molecular weight is 364 g/mol. The Hall–Kier alpha value is -1.79. The Morgan fingerprint density at radius 2 is 2.21 bits per heavy atom. The minimum Gasteiger partial charge on any atom is -0.325 e. The third-order valence-corrected chi connectivity index (χ3v) is 5.50. The van der Waals surface area contributed by atoms with Crippen LogP contribution >= 0.6 is 23.4 Å². The first-order chi connectivity index (χ1) is 11.5. The summed E-state index contributed by atoms with van der Waals surface area (Å²) in [4.78, 5) is 29.5. The van der Waals surface area contributed by atoms with Crippen molar-refractivity contribution in [3.05, 3.63) is 50.9 Å². The molecule has 0 saturated carbocycles. The summed E-state index contributed by atoms with van der Waals surface area (Å²) in [5.74, 6) is 0.511. The van der Waals surface area contributed by atoms with Crippen LogP contribution in [0.5, 0.6) is 0 Å². The number of aromatic nitrogens is 2. The Morgan fingerprint density at radius 1 is 1.46 bits per heavy atom. The van der Waals surface area contributed by atoms with Gasteiger partial charge in [0, 0.05) is 23.4 Å². The van der Waals surface area contributed by atoms with Gasteiger partial charge >= 0.3 is 0 Å². The molecule has 0 bridgehead atoms. The summed E-state index contributed by atoms with van der Waals surface area (Å²) in [6.45, 7) is 3.80. The van der Waals surface area contributed by atoms with Crippen molar-refractivity contribution < 1.29 is 4.79 Å². The number of amides is 1. The van der Waals surface area contributed by atoms with Gasteiger partial charge in [0.15, 0.2) is 5.16 Å². The van der Waals surface area contributed by atoms with E-state index in [1.54, 1.807) is 16.7 Å². The number of carbonyl (C=O) groups is 1. The topological polar surface area (TPSA) is 64.0 Å². The number of carbonyl (C=O) groups excluding carboxylic acids is 1. The van der Waals surface area contributed by atoms with Crippen LogP contribution in [0.1, 0.15) is 30.6 Å². The number of para-hydroxylation sites is 1. The van der Waals surface area contributed by atoms with E-state index < -0.39 is 0 Å². The van der Waals surface area contributed by atoms with Gasteiger partial charge in [-0.3, -0.25) is 14.2 Å². The molecule has 126 valence electrons. The van der Waals surface area contributed by atoms with Crippen molar-refractivity contribution >= 4 is 35.0 Å².